The molecule has 6 heteroatoms. The molecular weight excluding hydrogens is 304 g/mol. The van der Waals surface area contributed by atoms with Crippen LogP contribution in [0, 0.1) is 13.8 Å². The smallest absolute Gasteiger partial charge is 0.160 e. The maximum Gasteiger partial charge on any atom is 0.160 e. The maximum absolute atomic E-state index is 6.28. The van der Waals surface area contributed by atoms with Crippen molar-refractivity contribution in [3.05, 3.63) is 39.7 Å². The zero-order chi connectivity index (χ0) is 15.0. The molecule has 0 saturated carbocycles. The van der Waals surface area contributed by atoms with Crippen LogP contribution in [0.25, 0.3) is 11.2 Å². The van der Waals surface area contributed by atoms with Crippen LogP contribution in [0.5, 0.6) is 0 Å². The van der Waals surface area contributed by atoms with E-state index >= 15 is 0 Å². The number of imidazole rings is 1. The summed E-state index contributed by atoms with van der Waals surface area (Å²) in [6, 6.07) is 3.98. The van der Waals surface area contributed by atoms with Crippen LogP contribution in [0.4, 0.5) is 0 Å². The van der Waals surface area contributed by atoms with Crippen molar-refractivity contribution in [2.45, 2.75) is 39.1 Å². The lowest BCUT2D eigenvalue weighted by atomic mass is 10.3. The molecule has 0 aliphatic heterocycles. The molecule has 0 amide bonds. The number of halogens is 1. The third kappa shape index (κ3) is 2.94. The summed E-state index contributed by atoms with van der Waals surface area (Å²) < 4.78 is 2.12. The quantitative estimate of drug-likeness (QED) is 0.681. The molecule has 0 saturated heterocycles. The average molecular weight is 321 g/mol. The van der Waals surface area contributed by atoms with Crippen LogP contribution in [0.15, 0.2) is 17.5 Å². The van der Waals surface area contributed by atoms with Crippen molar-refractivity contribution in [3.63, 3.8) is 0 Å². The van der Waals surface area contributed by atoms with Gasteiger partial charge in [-0.05, 0) is 32.9 Å². The van der Waals surface area contributed by atoms with E-state index in [1.54, 1.807) is 11.3 Å². The number of fused-ring (bicyclic) bond motifs is 1. The van der Waals surface area contributed by atoms with Gasteiger partial charge in [-0.15, -0.1) is 22.9 Å². The van der Waals surface area contributed by atoms with E-state index < -0.39 is 0 Å². The first kappa shape index (κ1) is 14.5. The molecule has 3 aromatic heterocycles. The minimum atomic E-state index is -0.142. The Bertz CT molecular complexity index is 775. The molecule has 0 radical (unpaired) electrons. The zero-order valence-electron chi connectivity index (χ0n) is 12.3. The van der Waals surface area contributed by atoms with Crippen LogP contribution in [-0.4, -0.2) is 19.5 Å². The minimum absolute atomic E-state index is 0.142. The molecule has 0 aliphatic carbocycles. The Morgan fingerprint density at radius 2 is 2.05 bits per heavy atom. The summed E-state index contributed by atoms with van der Waals surface area (Å²) in [6.45, 7) is 6.75. The normalized spacial score (nSPS) is 13.0. The van der Waals surface area contributed by atoms with Gasteiger partial charge >= 0.3 is 0 Å². The van der Waals surface area contributed by atoms with Crippen LogP contribution >= 0.6 is 22.9 Å². The Morgan fingerprint density at radius 3 is 2.71 bits per heavy atom. The highest BCUT2D eigenvalue weighted by molar-refractivity contribution is 7.09. The summed E-state index contributed by atoms with van der Waals surface area (Å²) in [7, 11) is 0. The van der Waals surface area contributed by atoms with Crippen molar-refractivity contribution >= 4 is 34.1 Å². The standard InChI is InChI=1S/C15H17ClN4S/c1-9-4-5-13-15(17-9)20(14(19-13)10(2)16)7-6-12-8-21-11(3)18-12/h4-5,8,10H,6-7H2,1-3H3. The van der Waals surface area contributed by atoms with Gasteiger partial charge in [0.2, 0.25) is 0 Å². The topological polar surface area (TPSA) is 43.6 Å². The van der Waals surface area contributed by atoms with E-state index in [0.717, 1.165) is 46.3 Å². The molecular formula is C15H17ClN4S. The first-order valence-electron chi connectivity index (χ1n) is 6.93. The fraction of sp³-hybridized carbons (Fsp3) is 0.400. The third-order valence-electron chi connectivity index (χ3n) is 3.37. The van der Waals surface area contributed by atoms with Crippen LogP contribution in [0.2, 0.25) is 0 Å². The van der Waals surface area contributed by atoms with Gasteiger partial charge in [0.1, 0.15) is 11.3 Å². The summed E-state index contributed by atoms with van der Waals surface area (Å²) in [5.41, 5.74) is 3.91. The Kier molecular flexibility index (Phi) is 3.95. The Morgan fingerprint density at radius 1 is 1.24 bits per heavy atom. The Hall–Kier alpha value is -1.46. The summed E-state index contributed by atoms with van der Waals surface area (Å²) in [4.78, 5) is 13.8. The molecule has 0 aliphatic rings. The predicted octanol–water partition coefficient (Wildman–Crippen LogP) is 4.05. The molecule has 0 aromatic carbocycles. The summed E-state index contributed by atoms with van der Waals surface area (Å²) in [6.07, 6.45) is 0.863. The lowest BCUT2D eigenvalue weighted by molar-refractivity contribution is 0.656. The van der Waals surface area contributed by atoms with E-state index in [4.69, 9.17) is 11.6 Å². The lowest BCUT2D eigenvalue weighted by Gasteiger charge is -2.09. The fourth-order valence-electron chi connectivity index (χ4n) is 2.39. The maximum atomic E-state index is 6.28. The van der Waals surface area contributed by atoms with Gasteiger partial charge in [0.25, 0.3) is 0 Å². The number of pyridine rings is 1. The summed E-state index contributed by atoms with van der Waals surface area (Å²) in [5.74, 6) is 0.872. The summed E-state index contributed by atoms with van der Waals surface area (Å²) >= 11 is 7.96. The van der Waals surface area contributed by atoms with Gasteiger partial charge in [0, 0.05) is 24.0 Å². The van der Waals surface area contributed by atoms with Crippen molar-refractivity contribution in [1.82, 2.24) is 19.5 Å². The summed E-state index contributed by atoms with van der Waals surface area (Å²) in [5, 5.41) is 3.06. The first-order chi connectivity index (χ1) is 10.0. The van der Waals surface area contributed by atoms with E-state index in [2.05, 4.69) is 24.9 Å². The SMILES string of the molecule is Cc1ccc2nc(C(C)Cl)n(CCc3csc(C)n3)c2n1. The molecule has 3 rings (SSSR count). The van der Waals surface area contributed by atoms with Crippen LogP contribution < -0.4 is 0 Å². The lowest BCUT2D eigenvalue weighted by Crippen LogP contribution is -2.08. The van der Waals surface area contributed by atoms with Gasteiger partial charge in [-0.3, -0.25) is 0 Å². The first-order valence-corrected chi connectivity index (χ1v) is 8.25. The van der Waals surface area contributed by atoms with E-state index in [1.165, 1.54) is 0 Å². The average Bonchev–Trinajstić information content (AvgIpc) is 3.00. The highest BCUT2D eigenvalue weighted by Crippen LogP contribution is 2.24. The zero-order valence-corrected chi connectivity index (χ0v) is 13.9. The van der Waals surface area contributed by atoms with Gasteiger partial charge in [-0.2, -0.15) is 0 Å². The fourth-order valence-corrected chi connectivity index (χ4v) is 3.20. The molecule has 4 nitrogen and oxygen atoms in total. The van der Waals surface area contributed by atoms with E-state index in [0.29, 0.717) is 0 Å². The number of hydrogen-bond donors (Lipinski definition) is 0. The number of aromatic nitrogens is 4. The van der Waals surface area contributed by atoms with Gasteiger partial charge in [-0.1, -0.05) is 0 Å². The number of nitrogens with zero attached hydrogens (tertiary/aromatic N) is 4. The molecule has 0 spiro atoms. The highest BCUT2D eigenvalue weighted by atomic mass is 35.5. The molecule has 1 atom stereocenters. The van der Waals surface area contributed by atoms with E-state index in [1.807, 2.05) is 32.9 Å². The van der Waals surface area contributed by atoms with Crippen LogP contribution in [0.1, 0.15) is 34.5 Å². The largest absolute Gasteiger partial charge is 0.311 e. The van der Waals surface area contributed by atoms with Crippen molar-refractivity contribution in [2.24, 2.45) is 0 Å². The predicted molar refractivity (Wildman–Crippen MR) is 87.1 cm³/mol. The molecule has 0 bridgehead atoms. The Labute approximate surface area is 132 Å². The van der Waals surface area contributed by atoms with Crippen molar-refractivity contribution in [3.8, 4) is 0 Å². The van der Waals surface area contributed by atoms with Gasteiger partial charge < -0.3 is 4.57 Å². The molecule has 3 aromatic rings. The Balaban J connectivity index is 1.98. The van der Waals surface area contributed by atoms with E-state index in [-0.39, 0.29) is 5.38 Å². The molecule has 3 heterocycles. The van der Waals surface area contributed by atoms with Crippen LogP contribution in [0.3, 0.4) is 0 Å². The third-order valence-corrected chi connectivity index (χ3v) is 4.39. The molecule has 0 N–H and O–H groups in total. The van der Waals surface area contributed by atoms with Gasteiger partial charge in [0.05, 0.1) is 16.1 Å². The second kappa shape index (κ2) is 5.73. The molecule has 0 fully saturated rings. The molecule has 21 heavy (non-hydrogen) atoms. The minimum Gasteiger partial charge on any atom is -0.311 e. The van der Waals surface area contributed by atoms with Crippen molar-refractivity contribution in [1.29, 1.82) is 0 Å². The van der Waals surface area contributed by atoms with E-state index in [9.17, 15) is 0 Å². The monoisotopic (exact) mass is 320 g/mol. The van der Waals surface area contributed by atoms with Gasteiger partial charge in [0.15, 0.2) is 5.65 Å². The number of rotatable bonds is 4. The molecule has 110 valence electrons. The van der Waals surface area contributed by atoms with Crippen molar-refractivity contribution < 1.29 is 0 Å². The van der Waals surface area contributed by atoms with Gasteiger partial charge in [-0.25, -0.2) is 15.0 Å². The number of aryl methyl sites for hydroxylation is 4. The second-order valence-corrected chi connectivity index (χ2v) is 6.86. The highest BCUT2D eigenvalue weighted by Gasteiger charge is 2.16. The number of hydrogen-bond acceptors (Lipinski definition) is 4. The van der Waals surface area contributed by atoms with Crippen molar-refractivity contribution in [2.75, 3.05) is 0 Å². The number of thiazole rings is 1. The van der Waals surface area contributed by atoms with Crippen LogP contribution in [-0.2, 0) is 13.0 Å². The second-order valence-electron chi connectivity index (χ2n) is 5.14. The molecule has 1 unspecified atom stereocenters. The number of alkyl halides is 1.